The molecular weight excluding hydrogens is 348 g/mol. The van der Waals surface area contributed by atoms with Crippen molar-refractivity contribution in [2.75, 3.05) is 11.8 Å². The molecule has 2 aromatic rings. The van der Waals surface area contributed by atoms with Gasteiger partial charge in [0.2, 0.25) is 5.91 Å². The Labute approximate surface area is 155 Å². The molecule has 2 aromatic carbocycles. The van der Waals surface area contributed by atoms with E-state index in [1.54, 1.807) is 25.3 Å². The number of aryl methyl sites for hydroxylation is 2. The van der Waals surface area contributed by atoms with Crippen LogP contribution in [0, 0.1) is 0 Å². The Hall–Kier alpha value is -2.60. The van der Waals surface area contributed by atoms with E-state index in [-0.39, 0.29) is 10.8 Å². The van der Waals surface area contributed by atoms with Gasteiger partial charge in [0, 0.05) is 13.1 Å². The van der Waals surface area contributed by atoms with Gasteiger partial charge in [0.25, 0.3) is 10.0 Å². The van der Waals surface area contributed by atoms with Gasteiger partial charge in [-0.25, -0.2) is 8.42 Å². The van der Waals surface area contributed by atoms with Gasteiger partial charge >= 0.3 is 0 Å². The van der Waals surface area contributed by atoms with E-state index in [1.165, 1.54) is 18.2 Å². The summed E-state index contributed by atoms with van der Waals surface area (Å²) in [7, 11) is -2.14. The first-order chi connectivity index (χ1) is 12.4. The van der Waals surface area contributed by atoms with Crippen LogP contribution in [0.4, 0.5) is 5.69 Å². The van der Waals surface area contributed by atoms with E-state index in [1.807, 2.05) is 32.0 Å². The molecule has 0 bridgehead atoms. The van der Waals surface area contributed by atoms with Crippen molar-refractivity contribution >= 4 is 27.7 Å². The lowest BCUT2D eigenvalue weighted by Gasteiger charge is -2.15. The molecule has 0 aliphatic rings. The van der Waals surface area contributed by atoms with E-state index in [9.17, 15) is 13.2 Å². The fourth-order valence-corrected chi connectivity index (χ4v) is 3.72. The minimum absolute atomic E-state index is 0.183. The lowest BCUT2D eigenvalue weighted by atomic mass is 10.0. The monoisotopic (exact) mass is 372 g/mol. The normalized spacial score (nSPS) is 11.5. The number of nitrogens with one attached hydrogen (secondary N) is 2. The predicted molar refractivity (Wildman–Crippen MR) is 106 cm³/mol. The maximum Gasteiger partial charge on any atom is 0.261 e. The second-order valence-corrected chi connectivity index (χ2v) is 7.46. The van der Waals surface area contributed by atoms with Crippen molar-refractivity contribution in [1.82, 2.24) is 5.32 Å². The van der Waals surface area contributed by atoms with Gasteiger partial charge in [-0.1, -0.05) is 44.2 Å². The summed E-state index contributed by atoms with van der Waals surface area (Å²) >= 11 is 0. The van der Waals surface area contributed by atoms with E-state index < -0.39 is 10.0 Å². The number of likely N-dealkylation sites (N-methyl/N-ethyl adjacent to an activating group) is 1. The average molecular weight is 372 g/mol. The minimum Gasteiger partial charge on any atom is -0.356 e. The van der Waals surface area contributed by atoms with E-state index >= 15 is 0 Å². The van der Waals surface area contributed by atoms with Crippen LogP contribution in [0.2, 0.25) is 0 Å². The van der Waals surface area contributed by atoms with Crippen molar-refractivity contribution in [3.63, 3.8) is 0 Å². The average Bonchev–Trinajstić information content (AvgIpc) is 2.66. The summed E-state index contributed by atoms with van der Waals surface area (Å²) in [5.41, 5.74) is 3.35. The van der Waals surface area contributed by atoms with Crippen molar-refractivity contribution < 1.29 is 13.2 Å². The number of benzene rings is 2. The van der Waals surface area contributed by atoms with Gasteiger partial charge in [0.05, 0.1) is 10.6 Å². The number of carbonyl (C=O) groups excluding carboxylic acids is 1. The molecule has 0 saturated heterocycles. The molecule has 0 fully saturated rings. The third-order valence-corrected chi connectivity index (χ3v) is 5.46. The maximum absolute atomic E-state index is 12.8. The maximum atomic E-state index is 12.8. The molecule has 0 spiro atoms. The molecule has 1 amide bonds. The van der Waals surface area contributed by atoms with Crippen LogP contribution in [0.25, 0.3) is 6.08 Å². The van der Waals surface area contributed by atoms with Crippen LogP contribution in [0.1, 0.15) is 30.5 Å². The third kappa shape index (κ3) is 4.73. The number of anilines is 1. The highest BCUT2D eigenvalue weighted by Gasteiger charge is 2.17. The zero-order valence-corrected chi connectivity index (χ0v) is 16.1. The molecule has 0 radical (unpaired) electrons. The van der Waals surface area contributed by atoms with Gasteiger partial charge in [-0.3, -0.25) is 9.52 Å². The molecule has 6 heteroatoms. The Morgan fingerprint density at radius 2 is 1.58 bits per heavy atom. The van der Waals surface area contributed by atoms with Crippen molar-refractivity contribution in [3.8, 4) is 0 Å². The summed E-state index contributed by atoms with van der Waals surface area (Å²) in [6.07, 6.45) is 4.51. The Morgan fingerprint density at radius 3 is 2.08 bits per heavy atom. The van der Waals surface area contributed by atoms with Crippen LogP contribution >= 0.6 is 0 Å². The first kappa shape index (κ1) is 19.7. The second kappa shape index (κ2) is 8.67. The second-order valence-electron chi connectivity index (χ2n) is 5.78. The van der Waals surface area contributed by atoms with Crippen LogP contribution in [-0.4, -0.2) is 21.4 Å². The van der Waals surface area contributed by atoms with Gasteiger partial charge in [0.1, 0.15) is 0 Å². The minimum atomic E-state index is -3.68. The lowest BCUT2D eigenvalue weighted by Crippen LogP contribution is -2.15. The zero-order valence-electron chi connectivity index (χ0n) is 15.2. The lowest BCUT2D eigenvalue weighted by molar-refractivity contribution is -0.115. The molecule has 26 heavy (non-hydrogen) atoms. The summed E-state index contributed by atoms with van der Waals surface area (Å²) in [4.78, 5) is 11.4. The molecule has 5 nitrogen and oxygen atoms in total. The summed E-state index contributed by atoms with van der Waals surface area (Å²) in [6.45, 7) is 4.00. The summed E-state index contributed by atoms with van der Waals surface area (Å²) < 4.78 is 28.3. The molecule has 0 aliphatic carbocycles. The van der Waals surface area contributed by atoms with Crippen molar-refractivity contribution in [3.05, 3.63) is 65.2 Å². The van der Waals surface area contributed by atoms with Crippen LogP contribution in [0.3, 0.4) is 0 Å². The van der Waals surface area contributed by atoms with Gasteiger partial charge < -0.3 is 5.32 Å². The molecule has 0 unspecified atom stereocenters. The first-order valence-corrected chi connectivity index (χ1v) is 10.0. The largest absolute Gasteiger partial charge is 0.356 e. The fourth-order valence-electron chi connectivity index (χ4n) is 2.58. The summed E-state index contributed by atoms with van der Waals surface area (Å²) in [5, 5.41) is 2.49. The van der Waals surface area contributed by atoms with E-state index in [4.69, 9.17) is 0 Å². The Bertz CT molecular complexity index is 879. The fraction of sp³-hybridized carbons (Fsp3) is 0.250. The van der Waals surface area contributed by atoms with Gasteiger partial charge in [-0.05, 0) is 47.7 Å². The van der Waals surface area contributed by atoms with Crippen LogP contribution < -0.4 is 10.0 Å². The molecule has 2 N–H and O–H groups in total. The van der Waals surface area contributed by atoms with E-state index in [0.717, 1.165) is 29.5 Å². The summed E-state index contributed by atoms with van der Waals surface area (Å²) in [6, 6.07) is 12.2. The van der Waals surface area contributed by atoms with Crippen LogP contribution in [0.5, 0.6) is 0 Å². The van der Waals surface area contributed by atoms with Crippen molar-refractivity contribution in [2.24, 2.45) is 0 Å². The Morgan fingerprint density at radius 1 is 1.00 bits per heavy atom. The number of para-hydroxylation sites is 1. The number of rotatable bonds is 7. The molecule has 138 valence electrons. The molecular formula is C20H24N2O3S. The first-order valence-electron chi connectivity index (χ1n) is 8.54. The van der Waals surface area contributed by atoms with Gasteiger partial charge in [-0.15, -0.1) is 0 Å². The Balaban J connectivity index is 2.29. The van der Waals surface area contributed by atoms with Crippen molar-refractivity contribution in [1.29, 1.82) is 0 Å². The third-order valence-electron chi connectivity index (χ3n) is 4.10. The molecule has 0 heterocycles. The van der Waals surface area contributed by atoms with E-state index in [2.05, 4.69) is 10.0 Å². The van der Waals surface area contributed by atoms with E-state index in [0.29, 0.717) is 5.69 Å². The molecule has 2 rings (SSSR count). The quantitative estimate of drug-likeness (QED) is 0.732. The molecule has 0 saturated carbocycles. The highest BCUT2D eigenvalue weighted by Crippen LogP contribution is 2.26. The number of sulfonamides is 1. The predicted octanol–water partition coefficient (Wildman–Crippen LogP) is 3.37. The van der Waals surface area contributed by atoms with Crippen LogP contribution in [0.15, 0.2) is 53.4 Å². The number of amides is 1. The zero-order chi connectivity index (χ0) is 19.2. The SMILES string of the molecule is CCc1cccc(CC)c1NS(=O)(=O)c1ccc(/C=C/C(=O)NC)cc1. The smallest absolute Gasteiger partial charge is 0.261 e. The highest BCUT2D eigenvalue weighted by atomic mass is 32.2. The molecule has 0 aliphatic heterocycles. The number of hydrogen-bond acceptors (Lipinski definition) is 3. The highest BCUT2D eigenvalue weighted by molar-refractivity contribution is 7.92. The van der Waals surface area contributed by atoms with Gasteiger partial charge in [-0.2, -0.15) is 0 Å². The standard InChI is InChI=1S/C20H24N2O3S/c1-4-16-7-6-8-17(5-2)20(16)22-26(24,25)18-12-9-15(10-13-18)11-14-19(23)21-3/h6-14,22H,4-5H2,1-3H3,(H,21,23)/b14-11+. The van der Waals surface area contributed by atoms with Gasteiger partial charge in [0.15, 0.2) is 0 Å². The van der Waals surface area contributed by atoms with Crippen LogP contribution in [-0.2, 0) is 27.7 Å². The molecule has 0 aromatic heterocycles. The number of carbonyl (C=O) groups is 1. The topological polar surface area (TPSA) is 75.3 Å². The molecule has 0 atom stereocenters. The Kier molecular flexibility index (Phi) is 6.58. The number of hydrogen-bond donors (Lipinski definition) is 2. The van der Waals surface area contributed by atoms with Crippen molar-refractivity contribution in [2.45, 2.75) is 31.6 Å². The summed E-state index contributed by atoms with van der Waals surface area (Å²) in [5.74, 6) is -0.216.